The summed E-state index contributed by atoms with van der Waals surface area (Å²) in [6, 6.07) is 0. The number of H-pyrrole nitrogens is 1. The molecule has 4 N–H and O–H groups in total. The van der Waals surface area contributed by atoms with Gasteiger partial charge in [0.05, 0.1) is 17.5 Å². The van der Waals surface area contributed by atoms with Crippen molar-refractivity contribution < 1.29 is 9.53 Å². The number of nitrogen functional groups attached to an aromatic ring is 1. The maximum Gasteiger partial charge on any atom is 0.273 e. The van der Waals surface area contributed by atoms with Crippen LogP contribution >= 0.6 is 0 Å². The molecule has 0 atom stereocenters. The van der Waals surface area contributed by atoms with Gasteiger partial charge in [0.25, 0.3) is 5.91 Å². The van der Waals surface area contributed by atoms with Gasteiger partial charge in [0, 0.05) is 13.2 Å². The average Bonchev–Trinajstić information content (AvgIpc) is 2.75. The third kappa shape index (κ3) is 4.85. The van der Waals surface area contributed by atoms with Crippen LogP contribution in [0.15, 0.2) is 0 Å². The van der Waals surface area contributed by atoms with E-state index in [0.717, 1.165) is 25.1 Å². The summed E-state index contributed by atoms with van der Waals surface area (Å²) in [5.41, 5.74) is 7.45. The fraction of sp³-hybridized carbons (Fsp3) is 0.714. The highest BCUT2D eigenvalue weighted by atomic mass is 16.5. The van der Waals surface area contributed by atoms with Crippen molar-refractivity contribution >= 4 is 11.6 Å². The van der Waals surface area contributed by atoms with E-state index in [2.05, 4.69) is 15.5 Å². The topological polar surface area (TPSA) is 93.0 Å². The molecular weight excluding hydrogens is 256 g/mol. The monoisotopic (exact) mass is 282 g/mol. The van der Waals surface area contributed by atoms with Crippen molar-refractivity contribution in [2.45, 2.75) is 52.6 Å². The number of aromatic nitrogens is 2. The zero-order chi connectivity index (χ0) is 15.1. The van der Waals surface area contributed by atoms with Gasteiger partial charge in [0.1, 0.15) is 0 Å². The Balaban J connectivity index is 2.33. The van der Waals surface area contributed by atoms with E-state index in [0.29, 0.717) is 12.2 Å². The molecule has 0 radical (unpaired) electrons. The number of nitrogens with one attached hydrogen (secondary N) is 2. The van der Waals surface area contributed by atoms with Crippen molar-refractivity contribution in [2.24, 2.45) is 0 Å². The summed E-state index contributed by atoms with van der Waals surface area (Å²) in [7, 11) is 0. The Kier molecular flexibility index (Phi) is 6.51. The van der Waals surface area contributed by atoms with Gasteiger partial charge in [-0.15, -0.1) is 0 Å². The lowest BCUT2D eigenvalue weighted by Crippen LogP contribution is -2.26. The number of nitrogens with two attached hydrogens (primary N) is 1. The number of rotatable bonds is 8. The molecule has 0 aromatic carbocycles. The summed E-state index contributed by atoms with van der Waals surface area (Å²) >= 11 is 0. The van der Waals surface area contributed by atoms with E-state index in [1.165, 1.54) is 0 Å². The van der Waals surface area contributed by atoms with Crippen LogP contribution in [0, 0.1) is 0 Å². The van der Waals surface area contributed by atoms with Crippen LogP contribution in [-0.2, 0) is 4.74 Å². The van der Waals surface area contributed by atoms with Gasteiger partial charge in [0.2, 0.25) is 0 Å². The molecule has 0 aliphatic heterocycles. The number of aromatic amines is 1. The normalized spacial score (nSPS) is 11.3. The molecular formula is C14H26N4O2. The van der Waals surface area contributed by atoms with Crippen LogP contribution in [-0.4, -0.2) is 35.4 Å². The molecule has 1 rings (SSSR count). The van der Waals surface area contributed by atoms with Crippen molar-refractivity contribution in [3.05, 3.63) is 11.4 Å². The van der Waals surface area contributed by atoms with Crippen LogP contribution in [0.25, 0.3) is 0 Å². The van der Waals surface area contributed by atoms with Gasteiger partial charge >= 0.3 is 0 Å². The molecule has 0 unspecified atom stereocenters. The van der Waals surface area contributed by atoms with Gasteiger partial charge in [-0.25, -0.2) is 0 Å². The summed E-state index contributed by atoms with van der Waals surface area (Å²) < 4.78 is 5.43. The highest BCUT2D eigenvalue weighted by molar-refractivity contribution is 5.97. The van der Waals surface area contributed by atoms with Crippen LogP contribution in [0.3, 0.4) is 0 Å². The predicted octanol–water partition coefficient (Wildman–Crippen LogP) is 2.05. The molecule has 1 heterocycles. The second kappa shape index (κ2) is 7.89. The Morgan fingerprint density at radius 2 is 2.05 bits per heavy atom. The van der Waals surface area contributed by atoms with E-state index in [4.69, 9.17) is 10.5 Å². The van der Waals surface area contributed by atoms with E-state index in [1.807, 2.05) is 27.7 Å². The molecule has 1 aromatic heterocycles. The van der Waals surface area contributed by atoms with Gasteiger partial charge in [-0.05, 0) is 32.6 Å². The zero-order valence-corrected chi connectivity index (χ0v) is 12.8. The third-order valence-electron chi connectivity index (χ3n) is 2.93. The lowest BCUT2D eigenvalue weighted by Gasteiger charge is -2.07. The Bertz CT molecular complexity index is 427. The first-order chi connectivity index (χ1) is 9.43. The van der Waals surface area contributed by atoms with Gasteiger partial charge in [0.15, 0.2) is 5.69 Å². The van der Waals surface area contributed by atoms with Crippen LogP contribution < -0.4 is 11.1 Å². The molecule has 1 amide bonds. The largest absolute Gasteiger partial charge is 0.395 e. The molecule has 0 aliphatic rings. The lowest BCUT2D eigenvalue weighted by atomic mass is 10.1. The second-order valence-corrected chi connectivity index (χ2v) is 5.44. The standard InChI is InChI=1S/C14H26N4O2/c1-9(2)12-11(15)13(18-17-12)14(19)16-7-5-6-8-20-10(3)4/h9-10H,5-8,15H2,1-4H3,(H,16,19)(H,17,18). The number of carbonyl (C=O) groups is 1. The fourth-order valence-electron chi connectivity index (χ4n) is 1.81. The first kappa shape index (κ1) is 16.5. The Labute approximate surface area is 120 Å². The number of ether oxygens (including phenoxy) is 1. The van der Waals surface area contributed by atoms with Crippen LogP contribution in [0.2, 0.25) is 0 Å². The summed E-state index contributed by atoms with van der Waals surface area (Å²) in [6.45, 7) is 9.34. The summed E-state index contributed by atoms with van der Waals surface area (Å²) in [5, 5.41) is 9.63. The minimum absolute atomic E-state index is 0.220. The number of hydrogen-bond donors (Lipinski definition) is 3. The van der Waals surface area contributed by atoms with Crippen LogP contribution in [0.1, 0.15) is 62.6 Å². The maximum atomic E-state index is 11.9. The minimum Gasteiger partial charge on any atom is -0.395 e. The third-order valence-corrected chi connectivity index (χ3v) is 2.93. The number of unbranched alkanes of at least 4 members (excludes halogenated alkanes) is 1. The number of carbonyl (C=O) groups excluding carboxylic acids is 1. The molecule has 0 saturated carbocycles. The SMILES string of the molecule is CC(C)OCCCCNC(=O)c1n[nH]c(C(C)C)c1N. The summed E-state index contributed by atoms with van der Waals surface area (Å²) in [5.74, 6) is -0.00680. The predicted molar refractivity (Wildman–Crippen MR) is 79.7 cm³/mol. The van der Waals surface area contributed by atoms with Crippen molar-refractivity contribution in [1.82, 2.24) is 15.5 Å². The number of anilines is 1. The molecule has 0 fully saturated rings. The smallest absolute Gasteiger partial charge is 0.273 e. The van der Waals surface area contributed by atoms with Gasteiger partial charge in [-0.1, -0.05) is 13.8 Å². The molecule has 0 bridgehead atoms. The molecule has 0 spiro atoms. The Morgan fingerprint density at radius 3 is 2.60 bits per heavy atom. The van der Waals surface area contributed by atoms with Crippen LogP contribution in [0.4, 0.5) is 5.69 Å². The van der Waals surface area contributed by atoms with Crippen molar-refractivity contribution in [3.8, 4) is 0 Å². The lowest BCUT2D eigenvalue weighted by molar-refractivity contribution is 0.0754. The Morgan fingerprint density at radius 1 is 1.35 bits per heavy atom. The van der Waals surface area contributed by atoms with Crippen molar-refractivity contribution in [3.63, 3.8) is 0 Å². The number of amides is 1. The molecule has 6 nitrogen and oxygen atoms in total. The number of nitrogens with zero attached hydrogens (tertiary/aromatic N) is 1. The van der Waals surface area contributed by atoms with E-state index < -0.39 is 0 Å². The molecule has 114 valence electrons. The maximum absolute atomic E-state index is 11.9. The molecule has 0 saturated heterocycles. The van der Waals surface area contributed by atoms with Crippen molar-refractivity contribution in [1.29, 1.82) is 0 Å². The quantitative estimate of drug-likeness (QED) is 0.636. The molecule has 6 heteroatoms. The van der Waals surface area contributed by atoms with Gasteiger partial charge in [-0.3, -0.25) is 9.89 Å². The molecule has 1 aromatic rings. The average molecular weight is 282 g/mol. The van der Waals surface area contributed by atoms with E-state index in [9.17, 15) is 4.79 Å². The summed E-state index contributed by atoms with van der Waals surface area (Å²) in [4.78, 5) is 11.9. The first-order valence-electron chi connectivity index (χ1n) is 7.17. The van der Waals surface area contributed by atoms with E-state index >= 15 is 0 Å². The van der Waals surface area contributed by atoms with Gasteiger partial charge < -0.3 is 15.8 Å². The highest BCUT2D eigenvalue weighted by Crippen LogP contribution is 2.21. The van der Waals surface area contributed by atoms with E-state index in [1.54, 1.807) is 0 Å². The molecule has 20 heavy (non-hydrogen) atoms. The fourth-order valence-corrected chi connectivity index (χ4v) is 1.81. The van der Waals surface area contributed by atoms with Crippen LogP contribution in [0.5, 0.6) is 0 Å². The highest BCUT2D eigenvalue weighted by Gasteiger charge is 2.18. The molecule has 0 aliphatic carbocycles. The first-order valence-corrected chi connectivity index (χ1v) is 7.17. The van der Waals surface area contributed by atoms with Crippen molar-refractivity contribution in [2.75, 3.05) is 18.9 Å². The Hall–Kier alpha value is -1.56. The van der Waals surface area contributed by atoms with E-state index in [-0.39, 0.29) is 23.6 Å². The zero-order valence-electron chi connectivity index (χ0n) is 12.8. The number of hydrogen-bond acceptors (Lipinski definition) is 4. The minimum atomic E-state index is -0.226. The van der Waals surface area contributed by atoms with Gasteiger partial charge in [-0.2, -0.15) is 5.10 Å². The second-order valence-electron chi connectivity index (χ2n) is 5.44. The summed E-state index contributed by atoms with van der Waals surface area (Å²) in [6.07, 6.45) is 2.05.